The smallest absolute Gasteiger partial charge is 0.310 e. The molecule has 4 rings (SSSR count). The third-order valence-corrected chi connectivity index (χ3v) is 12.9. The topological polar surface area (TPSA) is 213 Å². The van der Waals surface area contributed by atoms with Crippen LogP contribution in [0.2, 0.25) is 0 Å². The number of primary sulfonamides is 1. The van der Waals surface area contributed by atoms with Crippen LogP contribution in [0.4, 0.5) is 0 Å². The highest BCUT2D eigenvalue weighted by Gasteiger charge is 2.62. The molecule has 268 valence electrons. The predicted octanol–water partition coefficient (Wildman–Crippen LogP) is 3.73. The average molecular weight is 705 g/mol. The molecule has 1 amide bonds. The quantitative estimate of drug-likeness (QED) is 0.208. The van der Waals surface area contributed by atoms with Crippen LogP contribution >= 0.6 is 0 Å². The highest BCUT2D eigenvalue weighted by molar-refractivity contribution is 7.91. The number of nitrogens with one attached hydrogen (secondary N) is 1. The number of hydrogen-bond acceptors (Lipinski definition) is 10. The molecule has 15 heteroatoms. The molecule has 0 aromatic carbocycles. The van der Waals surface area contributed by atoms with Gasteiger partial charge in [-0.25, -0.2) is 22.0 Å². The molecule has 0 aromatic heterocycles. The van der Waals surface area contributed by atoms with Crippen molar-refractivity contribution < 1.29 is 50.6 Å². The number of rotatable bonds is 11. The maximum Gasteiger partial charge on any atom is 0.310 e. The molecule has 0 saturated heterocycles. The van der Waals surface area contributed by atoms with Gasteiger partial charge < -0.3 is 14.6 Å². The van der Waals surface area contributed by atoms with Crippen molar-refractivity contribution in [3.63, 3.8) is 0 Å². The summed E-state index contributed by atoms with van der Waals surface area (Å²) >= 11 is 0. The summed E-state index contributed by atoms with van der Waals surface area (Å²) in [5.41, 5.74) is -3.25. The Morgan fingerprint density at radius 1 is 0.787 bits per heavy atom. The molecular weight excluding hydrogens is 652 g/mol. The van der Waals surface area contributed by atoms with Crippen molar-refractivity contribution in [1.82, 2.24) is 4.72 Å². The van der Waals surface area contributed by atoms with E-state index in [1.807, 2.05) is 0 Å². The molecule has 4 fully saturated rings. The first-order chi connectivity index (χ1) is 21.0. The molecule has 0 aliphatic heterocycles. The zero-order chi connectivity index (χ0) is 36.7. The van der Waals surface area contributed by atoms with Crippen molar-refractivity contribution in [2.75, 3.05) is 0 Å². The minimum atomic E-state index is -3.72. The normalized spacial score (nSPS) is 27.9. The van der Waals surface area contributed by atoms with E-state index in [0.717, 1.165) is 12.8 Å². The summed E-state index contributed by atoms with van der Waals surface area (Å²) in [4.78, 5) is 47.3. The summed E-state index contributed by atoms with van der Waals surface area (Å²) in [6, 6.07) is 0. The number of sulfonamides is 2. The third kappa shape index (κ3) is 10.4. The molecule has 4 N–H and O–H groups in total. The number of esters is 2. The van der Waals surface area contributed by atoms with Crippen molar-refractivity contribution in [3.8, 4) is 0 Å². The zero-order valence-electron chi connectivity index (χ0n) is 28.8. The van der Waals surface area contributed by atoms with E-state index >= 15 is 0 Å². The Morgan fingerprint density at radius 3 is 1.40 bits per heavy atom. The van der Waals surface area contributed by atoms with Gasteiger partial charge in [0.05, 0.1) is 33.2 Å². The second-order valence-electron chi connectivity index (χ2n) is 15.6. The first kappa shape index (κ1) is 40.4. The lowest BCUT2D eigenvalue weighted by Crippen LogP contribution is -2.43. The first-order valence-corrected chi connectivity index (χ1v) is 18.6. The van der Waals surface area contributed by atoms with Gasteiger partial charge in [-0.2, -0.15) is 0 Å². The monoisotopic (exact) mass is 704 g/mol. The SMILES string of the molecule is C=C[C@@H]1C[C@]1(CC(=O)OC(C)(C)C)C(=O)NS(=O)(=O)C1(C)CC1.C=C[C@@H]1C[C@]1(CC(=O)OC(C)(C)C)C(=O)O.CC1(S(N)(=O)=O)CC1. The Balaban J connectivity index is 0.000000275. The van der Waals surface area contributed by atoms with Gasteiger partial charge in [-0.3, -0.25) is 23.9 Å². The van der Waals surface area contributed by atoms with Crippen molar-refractivity contribution >= 4 is 43.9 Å². The zero-order valence-corrected chi connectivity index (χ0v) is 30.4. The van der Waals surface area contributed by atoms with E-state index in [9.17, 15) is 36.0 Å². The Morgan fingerprint density at radius 2 is 1.15 bits per heavy atom. The number of hydrogen-bond donors (Lipinski definition) is 3. The fraction of sp³-hybridized carbons (Fsp3) is 0.750. The number of aliphatic carboxylic acids is 1. The minimum Gasteiger partial charge on any atom is -0.481 e. The van der Waals surface area contributed by atoms with Gasteiger partial charge in [-0.15, -0.1) is 13.2 Å². The summed E-state index contributed by atoms with van der Waals surface area (Å²) in [6.45, 7) is 21.0. The molecule has 4 atom stereocenters. The molecular formula is C32H52N2O11S2. The molecule has 47 heavy (non-hydrogen) atoms. The molecule has 0 spiro atoms. The van der Waals surface area contributed by atoms with Crippen LogP contribution in [0.15, 0.2) is 25.3 Å². The largest absolute Gasteiger partial charge is 0.481 e. The standard InChI is InChI=1S/C16H25NO5S.C12H18O4.C4H9NO2S/c1-6-11-9-16(11,10-12(18)22-14(2,3)4)13(19)17-23(20,21)15(5)7-8-15;1-5-8-6-12(8,10(14)15)7-9(13)16-11(2,3)4;1-4(2-3-4)8(5,6)7/h6,11H,1,7-10H2,2-5H3,(H,17,19);5,8H,1,6-7H2,2-4H3,(H,14,15);2-3H2,1H3,(H2,5,6,7)/t11-,16-;8-,12-;/m11./s1. The van der Waals surface area contributed by atoms with Crippen molar-refractivity contribution in [1.29, 1.82) is 0 Å². The minimum absolute atomic E-state index is 0.0731. The highest BCUT2D eigenvalue weighted by atomic mass is 32.2. The number of carboxylic acids is 1. The first-order valence-electron chi connectivity index (χ1n) is 15.5. The van der Waals surface area contributed by atoms with Crippen molar-refractivity contribution in [2.24, 2.45) is 27.8 Å². The molecule has 0 aromatic rings. The van der Waals surface area contributed by atoms with Crippen LogP contribution in [-0.2, 0) is 48.7 Å². The molecule has 0 radical (unpaired) electrons. The van der Waals surface area contributed by atoms with Crippen molar-refractivity contribution in [3.05, 3.63) is 25.3 Å². The third-order valence-electron chi connectivity index (χ3n) is 8.95. The molecule has 0 unspecified atom stereocenters. The number of allylic oxidation sites excluding steroid dienone is 2. The Kier molecular flexibility index (Phi) is 11.4. The van der Waals surface area contributed by atoms with E-state index in [4.69, 9.17) is 19.7 Å². The average Bonchev–Trinajstić information content (AvgIpc) is 3.69. The van der Waals surface area contributed by atoms with E-state index in [2.05, 4.69) is 17.9 Å². The second-order valence-corrected chi connectivity index (χ2v) is 19.9. The molecule has 0 heterocycles. The number of carbonyl (C=O) groups is 4. The molecule has 0 bridgehead atoms. The lowest BCUT2D eigenvalue weighted by molar-refractivity contribution is -0.161. The van der Waals surface area contributed by atoms with Crippen LogP contribution in [0, 0.1) is 22.7 Å². The van der Waals surface area contributed by atoms with Crippen molar-refractivity contribution in [2.45, 2.75) is 127 Å². The number of nitrogens with two attached hydrogens (primary N) is 1. The Hall–Kier alpha value is -2.78. The van der Waals surface area contributed by atoms with Crippen LogP contribution < -0.4 is 9.86 Å². The predicted molar refractivity (Wildman–Crippen MR) is 175 cm³/mol. The second kappa shape index (κ2) is 13.3. The van der Waals surface area contributed by atoms with Crippen LogP contribution in [0.25, 0.3) is 0 Å². The van der Waals surface area contributed by atoms with E-state index in [1.165, 1.54) is 0 Å². The Bertz CT molecular complexity index is 1500. The number of amides is 1. The van der Waals surface area contributed by atoms with Crippen LogP contribution in [-0.4, -0.2) is 66.5 Å². The summed E-state index contributed by atoms with van der Waals surface area (Å²) in [5.74, 6) is -2.86. The fourth-order valence-corrected chi connectivity index (χ4v) is 6.88. The lowest BCUT2D eigenvalue weighted by Gasteiger charge is -2.23. The van der Waals surface area contributed by atoms with E-state index in [-0.39, 0.29) is 24.7 Å². The summed E-state index contributed by atoms with van der Waals surface area (Å²) in [7, 11) is -6.95. The summed E-state index contributed by atoms with van der Waals surface area (Å²) in [5, 5.41) is 13.9. The van der Waals surface area contributed by atoms with Gasteiger partial charge >= 0.3 is 17.9 Å². The highest BCUT2D eigenvalue weighted by Crippen LogP contribution is 2.57. The summed E-state index contributed by atoms with van der Waals surface area (Å²) < 4.78 is 56.6. The fourth-order valence-electron chi connectivity index (χ4n) is 4.88. The molecule has 13 nitrogen and oxygen atoms in total. The van der Waals surface area contributed by atoms with Gasteiger partial charge in [0.15, 0.2) is 0 Å². The van der Waals surface area contributed by atoms with E-state index in [0.29, 0.717) is 25.7 Å². The molecule has 4 saturated carbocycles. The van der Waals surface area contributed by atoms with Crippen LogP contribution in [0.3, 0.4) is 0 Å². The maximum absolute atomic E-state index is 12.5. The van der Waals surface area contributed by atoms with Gasteiger partial charge in [0.25, 0.3) is 0 Å². The number of carbonyl (C=O) groups excluding carboxylic acids is 3. The molecule has 4 aliphatic carbocycles. The van der Waals surface area contributed by atoms with Gasteiger partial charge in [0, 0.05) is 0 Å². The number of ether oxygens (including phenoxy) is 2. The van der Waals surface area contributed by atoms with E-state index in [1.54, 1.807) is 67.5 Å². The maximum atomic E-state index is 12.5. The lowest BCUT2D eigenvalue weighted by atomic mass is 9.98. The summed E-state index contributed by atoms with van der Waals surface area (Å²) in [6.07, 6.45) is 6.40. The van der Waals surface area contributed by atoms with Gasteiger partial charge in [-0.1, -0.05) is 12.2 Å². The molecule has 4 aliphatic rings. The van der Waals surface area contributed by atoms with E-state index < -0.39 is 75.4 Å². The number of carboxylic acid groups (broad SMARTS) is 1. The van der Waals surface area contributed by atoms with Gasteiger partial charge in [0.2, 0.25) is 26.0 Å². The van der Waals surface area contributed by atoms with Crippen LogP contribution in [0.5, 0.6) is 0 Å². The van der Waals surface area contributed by atoms with Gasteiger partial charge in [0.1, 0.15) is 11.2 Å². The Labute approximate surface area is 279 Å². The van der Waals surface area contributed by atoms with Crippen LogP contribution in [0.1, 0.15) is 107 Å². The van der Waals surface area contributed by atoms with Gasteiger partial charge in [-0.05, 0) is 106 Å².